The summed E-state index contributed by atoms with van der Waals surface area (Å²) in [5, 5.41) is 14.5. The lowest BCUT2D eigenvalue weighted by Gasteiger charge is -2.31. The van der Waals surface area contributed by atoms with E-state index in [4.69, 9.17) is 9.52 Å². The number of hydrogen-bond donors (Lipinski definition) is 3. The Kier molecular flexibility index (Phi) is 4.21. The maximum absolute atomic E-state index is 11.8. The molecule has 6 nitrogen and oxygen atoms in total. The maximum atomic E-state index is 11.8. The van der Waals surface area contributed by atoms with Gasteiger partial charge in [0.25, 0.3) is 5.91 Å². The van der Waals surface area contributed by atoms with Gasteiger partial charge in [0.1, 0.15) is 6.04 Å². The molecule has 1 fully saturated rings. The average Bonchev–Trinajstić information content (AvgIpc) is 2.86. The van der Waals surface area contributed by atoms with Crippen LogP contribution in [-0.4, -0.2) is 35.6 Å². The van der Waals surface area contributed by atoms with Crippen LogP contribution in [0.2, 0.25) is 0 Å². The highest BCUT2D eigenvalue weighted by Gasteiger charge is 2.28. The Morgan fingerprint density at radius 3 is 2.84 bits per heavy atom. The van der Waals surface area contributed by atoms with Crippen molar-refractivity contribution in [1.82, 2.24) is 10.6 Å². The minimum atomic E-state index is -0.623. The Bertz CT molecular complexity index is 438. The highest BCUT2D eigenvalue weighted by Crippen LogP contribution is 2.25. The lowest BCUT2D eigenvalue weighted by atomic mass is 9.82. The summed E-state index contributed by atoms with van der Waals surface area (Å²) in [6.45, 7) is 2.16. The van der Waals surface area contributed by atoms with E-state index in [2.05, 4.69) is 10.6 Å². The van der Waals surface area contributed by atoms with Gasteiger partial charge in [-0.3, -0.25) is 9.59 Å². The third kappa shape index (κ3) is 3.57. The van der Waals surface area contributed by atoms with E-state index in [1.54, 1.807) is 13.0 Å². The molecule has 0 spiro atoms. The molecule has 0 bridgehead atoms. The SMILES string of the molecule is CC(NC(=O)c1ccco1)C(=O)NCC1CC(O)C1. The molecular formula is C13H18N2O4. The van der Waals surface area contributed by atoms with E-state index in [1.165, 1.54) is 12.3 Å². The summed E-state index contributed by atoms with van der Waals surface area (Å²) in [4.78, 5) is 23.4. The monoisotopic (exact) mass is 266 g/mol. The summed E-state index contributed by atoms with van der Waals surface area (Å²) < 4.78 is 4.94. The van der Waals surface area contributed by atoms with E-state index in [-0.39, 0.29) is 17.8 Å². The zero-order chi connectivity index (χ0) is 13.8. The van der Waals surface area contributed by atoms with Gasteiger partial charge in [-0.05, 0) is 37.8 Å². The molecule has 1 saturated carbocycles. The molecule has 0 radical (unpaired) electrons. The summed E-state index contributed by atoms with van der Waals surface area (Å²) in [5.74, 6) is -0.123. The summed E-state index contributed by atoms with van der Waals surface area (Å²) in [6, 6.07) is 2.53. The lowest BCUT2D eigenvalue weighted by molar-refractivity contribution is -0.123. The van der Waals surface area contributed by atoms with Gasteiger partial charge in [-0.25, -0.2) is 0 Å². The fourth-order valence-corrected chi connectivity index (χ4v) is 2.01. The zero-order valence-corrected chi connectivity index (χ0v) is 10.8. The summed E-state index contributed by atoms with van der Waals surface area (Å²) in [5.41, 5.74) is 0. The van der Waals surface area contributed by atoms with Crippen LogP contribution in [0.3, 0.4) is 0 Å². The number of hydrogen-bond acceptors (Lipinski definition) is 4. The number of aliphatic hydroxyl groups excluding tert-OH is 1. The minimum absolute atomic E-state index is 0.182. The molecule has 0 saturated heterocycles. The van der Waals surface area contributed by atoms with Crippen molar-refractivity contribution >= 4 is 11.8 Å². The Balaban J connectivity index is 1.71. The third-order valence-electron chi connectivity index (χ3n) is 3.26. The highest BCUT2D eigenvalue weighted by molar-refractivity contribution is 5.95. The van der Waals surface area contributed by atoms with Gasteiger partial charge in [-0.1, -0.05) is 0 Å². The van der Waals surface area contributed by atoms with Crippen molar-refractivity contribution in [3.63, 3.8) is 0 Å². The van der Waals surface area contributed by atoms with Gasteiger partial charge in [0.05, 0.1) is 12.4 Å². The predicted molar refractivity (Wildman–Crippen MR) is 67.4 cm³/mol. The first-order valence-electron chi connectivity index (χ1n) is 6.36. The van der Waals surface area contributed by atoms with Crippen LogP contribution in [0, 0.1) is 5.92 Å². The van der Waals surface area contributed by atoms with E-state index in [1.807, 2.05) is 0 Å². The van der Waals surface area contributed by atoms with Crippen molar-refractivity contribution < 1.29 is 19.1 Å². The number of nitrogens with one attached hydrogen (secondary N) is 2. The molecule has 1 heterocycles. The van der Waals surface area contributed by atoms with Crippen molar-refractivity contribution in [2.75, 3.05) is 6.54 Å². The molecule has 1 aliphatic carbocycles. The standard InChI is InChI=1S/C13H18N2O4/c1-8(15-13(18)11-3-2-4-19-11)12(17)14-7-9-5-10(16)6-9/h2-4,8-10,16H,5-7H2,1H3,(H,14,17)(H,15,18). The van der Waals surface area contributed by atoms with Gasteiger partial charge < -0.3 is 20.2 Å². The van der Waals surface area contributed by atoms with Crippen molar-refractivity contribution in [2.45, 2.75) is 31.9 Å². The molecule has 1 atom stereocenters. The molecule has 104 valence electrons. The van der Waals surface area contributed by atoms with Crippen LogP contribution in [-0.2, 0) is 4.79 Å². The Morgan fingerprint density at radius 1 is 1.53 bits per heavy atom. The van der Waals surface area contributed by atoms with Gasteiger partial charge in [-0.15, -0.1) is 0 Å². The Labute approximate surface area is 111 Å². The van der Waals surface area contributed by atoms with Crippen molar-refractivity contribution in [1.29, 1.82) is 0 Å². The minimum Gasteiger partial charge on any atom is -0.459 e. The molecule has 1 unspecified atom stereocenters. The average molecular weight is 266 g/mol. The predicted octanol–water partition coefficient (Wildman–Crippen LogP) is 0.285. The van der Waals surface area contributed by atoms with Gasteiger partial charge in [-0.2, -0.15) is 0 Å². The van der Waals surface area contributed by atoms with Crippen molar-refractivity contribution in [2.24, 2.45) is 5.92 Å². The molecule has 1 aromatic heterocycles. The zero-order valence-electron chi connectivity index (χ0n) is 10.8. The number of amides is 2. The highest BCUT2D eigenvalue weighted by atomic mass is 16.3. The molecule has 0 aromatic carbocycles. The molecule has 2 rings (SSSR count). The number of furan rings is 1. The lowest BCUT2D eigenvalue weighted by Crippen LogP contribution is -2.47. The second-order valence-corrected chi connectivity index (χ2v) is 4.91. The Hall–Kier alpha value is -1.82. The first-order chi connectivity index (χ1) is 9.06. The number of aliphatic hydroxyl groups is 1. The van der Waals surface area contributed by atoms with Crippen LogP contribution >= 0.6 is 0 Å². The molecule has 19 heavy (non-hydrogen) atoms. The summed E-state index contributed by atoms with van der Waals surface area (Å²) in [6.07, 6.45) is 2.64. The van der Waals surface area contributed by atoms with E-state index in [0.29, 0.717) is 12.5 Å². The molecule has 3 N–H and O–H groups in total. The van der Waals surface area contributed by atoms with E-state index in [0.717, 1.165) is 12.8 Å². The molecule has 0 aliphatic heterocycles. The molecule has 6 heteroatoms. The van der Waals surface area contributed by atoms with Crippen LogP contribution in [0.15, 0.2) is 22.8 Å². The van der Waals surface area contributed by atoms with Crippen LogP contribution in [0.1, 0.15) is 30.3 Å². The van der Waals surface area contributed by atoms with Gasteiger partial charge in [0, 0.05) is 6.54 Å². The van der Waals surface area contributed by atoms with Gasteiger partial charge in [0.15, 0.2) is 5.76 Å². The van der Waals surface area contributed by atoms with Gasteiger partial charge >= 0.3 is 0 Å². The summed E-state index contributed by atoms with van der Waals surface area (Å²) >= 11 is 0. The smallest absolute Gasteiger partial charge is 0.287 e. The van der Waals surface area contributed by atoms with Gasteiger partial charge in [0.2, 0.25) is 5.91 Å². The largest absolute Gasteiger partial charge is 0.459 e. The second-order valence-electron chi connectivity index (χ2n) is 4.91. The van der Waals surface area contributed by atoms with Crippen LogP contribution < -0.4 is 10.6 Å². The Morgan fingerprint density at radius 2 is 2.26 bits per heavy atom. The third-order valence-corrected chi connectivity index (χ3v) is 3.26. The number of carbonyl (C=O) groups excluding carboxylic acids is 2. The number of rotatable bonds is 5. The van der Waals surface area contributed by atoms with Crippen molar-refractivity contribution in [3.05, 3.63) is 24.2 Å². The summed E-state index contributed by atoms with van der Waals surface area (Å²) in [7, 11) is 0. The molecule has 2 amide bonds. The van der Waals surface area contributed by atoms with E-state index >= 15 is 0 Å². The normalized spacial score (nSPS) is 23.3. The maximum Gasteiger partial charge on any atom is 0.287 e. The second kappa shape index (κ2) is 5.88. The first-order valence-corrected chi connectivity index (χ1v) is 6.36. The fourth-order valence-electron chi connectivity index (χ4n) is 2.01. The first kappa shape index (κ1) is 13.6. The van der Waals surface area contributed by atoms with Crippen LogP contribution in [0.4, 0.5) is 0 Å². The van der Waals surface area contributed by atoms with Crippen molar-refractivity contribution in [3.8, 4) is 0 Å². The van der Waals surface area contributed by atoms with E-state index < -0.39 is 11.9 Å². The fraction of sp³-hybridized carbons (Fsp3) is 0.538. The van der Waals surface area contributed by atoms with Crippen LogP contribution in [0.5, 0.6) is 0 Å². The topological polar surface area (TPSA) is 91.6 Å². The van der Waals surface area contributed by atoms with Crippen LogP contribution in [0.25, 0.3) is 0 Å². The quantitative estimate of drug-likeness (QED) is 0.714. The molecule has 1 aliphatic rings. The van der Waals surface area contributed by atoms with E-state index in [9.17, 15) is 9.59 Å². The number of carbonyl (C=O) groups is 2. The molecule has 1 aromatic rings. The molecular weight excluding hydrogens is 248 g/mol.